The summed E-state index contributed by atoms with van der Waals surface area (Å²) in [4.78, 5) is 10.6. The average molecular weight is 265 g/mol. The van der Waals surface area contributed by atoms with Crippen LogP contribution in [-0.4, -0.2) is 33.9 Å². The molecular weight excluding hydrogens is 250 g/mol. The van der Waals surface area contributed by atoms with Gasteiger partial charge in [-0.15, -0.1) is 0 Å². The van der Waals surface area contributed by atoms with Crippen molar-refractivity contribution in [2.45, 2.75) is 12.1 Å². The van der Waals surface area contributed by atoms with E-state index >= 15 is 0 Å². The number of benzene rings is 1. The lowest BCUT2D eigenvalue weighted by molar-refractivity contribution is -0.0745. The number of aliphatic imine (C=N–C) groups is 1. The van der Waals surface area contributed by atoms with E-state index in [0.29, 0.717) is 6.42 Å². The van der Waals surface area contributed by atoms with E-state index in [1.54, 1.807) is 12.4 Å². The summed E-state index contributed by atoms with van der Waals surface area (Å²) in [5.41, 5.74) is 2.14. The minimum atomic E-state index is -1.02. The number of hydrogen-bond acceptors (Lipinski definition) is 4. The van der Waals surface area contributed by atoms with Gasteiger partial charge in [0.25, 0.3) is 0 Å². The van der Waals surface area contributed by atoms with Gasteiger partial charge in [-0.1, -0.05) is 24.3 Å². The Labute approximate surface area is 117 Å². The van der Waals surface area contributed by atoms with Crippen molar-refractivity contribution in [1.82, 2.24) is 9.88 Å². The Kier molecular flexibility index (Phi) is 2.41. The highest BCUT2D eigenvalue weighted by atomic mass is 16.3. The molecule has 100 valence electrons. The Bertz CT molecular complexity index is 683. The quantitative estimate of drug-likeness (QED) is 0.851. The number of amidine groups is 1. The second-order valence-corrected chi connectivity index (χ2v) is 5.24. The highest BCUT2D eigenvalue weighted by Gasteiger charge is 2.44. The number of aliphatic hydroxyl groups is 1. The number of aromatic nitrogens is 1. The van der Waals surface area contributed by atoms with Crippen molar-refractivity contribution >= 4 is 5.84 Å². The van der Waals surface area contributed by atoms with E-state index in [-0.39, 0.29) is 0 Å². The molecule has 1 N–H and O–H groups in total. The monoisotopic (exact) mass is 265 g/mol. The van der Waals surface area contributed by atoms with E-state index in [2.05, 4.69) is 22.1 Å². The SMILES string of the molecule is O[C@]1(c2ccncc2)Cc2ccccc2C2=NCCN21. The number of nitrogens with zero attached hydrogens (tertiary/aromatic N) is 3. The zero-order chi connectivity index (χ0) is 13.6. The number of pyridine rings is 1. The summed E-state index contributed by atoms with van der Waals surface area (Å²) in [6, 6.07) is 11.9. The van der Waals surface area contributed by atoms with Gasteiger partial charge in [0.1, 0.15) is 5.84 Å². The molecule has 3 heterocycles. The van der Waals surface area contributed by atoms with Crippen molar-refractivity contribution in [1.29, 1.82) is 0 Å². The summed E-state index contributed by atoms with van der Waals surface area (Å²) in [5, 5.41) is 11.3. The second kappa shape index (κ2) is 4.15. The van der Waals surface area contributed by atoms with Crippen molar-refractivity contribution in [2.75, 3.05) is 13.1 Å². The highest BCUT2D eigenvalue weighted by molar-refractivity contribution is 6.02. The van der Waals surface area contributed by atoms with E-state index in [0.717, 1.165) is 35.6 Å². The second-order valence-electron chi connectivity index (χ2n) is 5.24. The first-order valence-electron chi connectivity index (χ1n) is 6.82. The Morgan fingerprint density at radius 3 is 2.75 bits per heavy atom. The molecule has 2 aliphatic rings. The van der Waals surface area contributed by atoms with Gasteiger partial charge in [0.15, 0.2) is 5.72 Å². The van der Waals surface area contributed by atoms with Crippen LogP contribution >= 0.6 is 0 Å². The molecule has 20 heavy (non-hydrogen) atoms. The van der Waals surface area contributed by atoms with Crippen LogP contribution in [0.3, 0.4) is 0 Å². The van der Waals surface area contributed by atoms with Crippen LogP contribution in [0.15, 0.2) is 53.8 Å². The van der Waals surface area contributed by atoms with Crippen LogP contribution in [0.4, 0.5) is 0 Å². The van der Waals surface area contributed by atoms with E-state index in [1.165, 1.54) is 0 Å². The van der Waals surface area contributed by atoms with E-state index in [1.807, 2.05) is 29.2 Å². The Morgan fingerprint density at radius 1 is 1.10 bits per heavy atom. The van der Waals surface area contributed by atoms with Gasteiger partial charge in [0.05, 0.1) is 6.54 Å². The summed E-state index contributed by atoms with van der Waals surface area (Å²) in [6.07, 6.45) is 4.02. The summed E-state index contributed by atoms with van der Waals surface area (Å²) in [6.45, 7) is 1.49. The zero-order valence-corrected chi connectivity index (χ0v) is 11.0. The predicted molar refractivity (Wildman–Crippen MR) is 76.4 cm³/mol. The molecular formula is C16H15N3O. The summed E-state index contributed by atoms with van der Waals surface area (Å²) in [5.74, 6) is 0.908. The Balaban J connectivity index is 1.90. The Hall–Kier alpha value is -2.20. The largest absolute Gasteiger partial charge is 0.366 e. The summed E-state index contributed by atoms with van der Waals surface area (Å²) in [7, 11) is 0. The van der Waals surface area contributed by atoms with Gasteiger partial charge in [-0.05, 0) is 17.7 Å². The van der Waals surface area contributed by atoms with E-state index in [4.69, 9.17) is 0 Å². The molecule has 1 aromatic heterocycles. The van der Waals surface area contributed by atoms with Crippen molar-refractivity contribution in [3.8, 4) is 0 Å². The van der Waals surface area contributed by atoms with Gasteiger partial charge < -0.3 is 10.0 Å². The van der Waals surface area contributed by atoms with Crippen LogP contribution < -0.4 is 0 Å². The molecule has 4 nitrogen and oxygen atoms in total. The maximum absolute atomic E-state index is 11.3. The molecule has 4 rings (SSSR count). The molecule has 1 atom stereocenters. The average Bonchev–Trinajstić information content (AvgIpc) is 2.99. The molecule has 4 heteroatoms. The molecule has 0 amide bonds. The fourth-order valence-electron chi connectivity index (χ4n) is 3.17. The van der Waals surface area contributed by atoms with E-state index < -0.39 is 5.72 Å². The molecule has 0 bridgehead atoms. The van der Waals surface area contributed by atoms with Crippen LogP contribution in [0, 0.1) is 0 Å². The van der Waals surface area contributed by atoms with Crippen molar-refractivity contribution in [2.24, 2.45) is 4.99 Å². The highest BCUT2D eigenvalue weighted by Crippen LogP contribution is 2.38. The van der Waals surface area contributed by atoms with Crippen molar-refractivity contribution in [3.63, 3.8) is 0 Å². The third kappa shape index (κ3) is 1.51. The summed E-state index contributed by atoms with van der Waals surface area (Å²) >= 11 is 0. The van der Waals surface area contributed by atoms with Crippen LogP contribution in [0.2, 0.25) is 0 Å². The molecule has 0 unspecified atom stereocenters. The standard InChI is InChI=1S/C16H15N3O/c20-16(13-5-7-17-8-6-13)11-12-3-1-2-4-14(12)15-18-9-10-19(15)16/h1-8,20H,9-11H2/t16-/m0/s1. The van der Waals surface area contributed by atoms with Crippen LogP contribution in [-0.2, 0) is 12.1 Å². The molecule has 0 aliphatic carbocycles. The molecule has 0 saturated carbocycles. The lowest BCUT2D eigenvalue weighted by Gasteiger charge is -2.43. The third-order valence-electron chi connectivity index (χ3n) is 4.13. The predicted octanol–water partition coefficient (Wildman–Crippen LogP) is 1.55. The molecule has 0 saturated heterocycles. The summed E-state index contributed by atoms with van der Waals surface area (Å²) < 4.78 is 0. The van der Waals surface area contributed by atoms with Crippen LogP contribution in [0.1, 0.15) is 16.7 Å². The van der Waals surface area contributed by atoms with Gasteiger partial charge in [0.2, 0.25) is 0 Å². The van der Waals surface area contributed by atoms with Gasteiger partial charge in [0, 0.05) is 36.5 Å². The van der Waals surface area contributed by atoms with Gasteiger partial charge in [-0.25, -0.2) is 0 Å². The van der Waals surface area contributed by atoms with E-state index in [9.17, 15) is 5.11 Å². The zero-order valence-electron chi connectivity index (χ0n) is 11.0. The number of rotatable bonds is 1. The normalized spacial score (nSPS) is 24.1. The molecule has 2 aromatic rings. The molecule has 2 aliphatic heterocycles. The maximum atomic E-state index is 11.3. The maximum Gasteiger partial charge on any atom is 0.169 e. The van der Waals surface area contributed by atoms with Crippen LogP contribution in [0.25, 0.3) is 0 Å². The van der Waals surface area contributed by atoms with Gasteiger partial charge in [-0.2, -0.15) is 0 Å². The van der Waals surface area contributed by atoms with Crippen molar-refractivity contribution < 1.29 is 5.11 Å². The first-order valence-corrected chi connectivity index (χ1v) is 6.82. The first-order chi connectivity index (χ1) is 9.79. The minimum absolute atomic E-state index is 0.576. The third-order valence-corrected chi connectivity index (χ3v) is 4.13. The molecule has 1 aromatic carbocycles. The molecule has 0 radical (unpaired) electrons. The minimum Gasteiger partial charge on any atom is -0.366 e. The number of hydrogen-bond donors (Lipinski definition) is 1. The Morgan fingerprint density at radius 2 is 1.90 bits per heavy atom. The van der Waals surface area contributed by atoms with Crippen molar-refractivity contribution in [3.05, 3.63) is 65.5 Å². The lowest BCUT2D eigenvalue weighted by Crippen LogP contribution is -2.53. The van der Waals surface area contributed by atoms with Crippen LogP contribution in [0.5, 0.6) is 0 Å². The molecule has 0 spiro atoms. The number of fused-ring (bicyclic) bond motifs is 3. The first kappa shape index (κ1) is 11.6. The van der Waals surface area contributed by atoms with Gasteiger partial charge >= 0.3 is 0 Å². The van der Waals surface area contributed by atoms with Gasteiger partial charge in [-0.3, -0.25) is 9.98 Å². The molecule has 0 fully saturated rings. The lowest BCUT2D eigenvalue weighted by atomic mass is 9.86. The smallest absolute Gasteiger partial charge is 0.169 e. The fraction of sp³-hybridized carbons (Fsp3) is 0.250. The topological polar surface area (TPSA) is 48.7 Å². The fourth-order valence-corrected chi connectivity index (χ4v) is 3.17.